The predicted molar refractivity (Wildman–Crippen MR) is 71.6 cm³/mol. The molecule has 1 heterocycles. The molecule has 0 radical (unpaired) electrons. The van der Waals surface area contributed by atoms with Crippen LogP contribution in [0.5, 0.6) is 5.75 Å². The first-order chi connectivity index (χ1) is 9.35. The van der Waals surface area contributed by atoms with Crippen LogP contribution in [0.25, 0.3) is 0 Å². The number of rotatable bonds is 1. The zero-order chi connectivity index (χ0) is 12.9. The molecule has 0 aromatic heterocycles. The summed E-state index contributed by atoms with van der Waals surface area (Å²) in [7, 11) is 0. The van der Waals surface area contributed by atoms with Gasteiger partial charge in [0.15, 0.2) is 0 Å². The second-order valence-electron chi connectivity index (χ2n) is 5.10. The van der Waals surface area contributed by atoms with Crippen molar-refractivity contribution in [3.63, 3.8) is 0 Å². The molecule has 2 aromatic rings. The highest BCUT2D eigenvalue weighted by Gasteiger charge is 2.63. The van der Waals surface area contributed by atoms with Gasteiger partial charge < -0.3 is 9.94 Å². The Kier molecular flexibility index (Phi) is 2.01. The lowest BCUT2D eigenvalue weighted by molar-refractivity contribution is 0.164. The van der Waals surface area contributed by atoms with E-state index >= 15 is 0 Å². The van der Waals surface area contributed by atoms with Crippen molar-refractivity contribution in [1.29, 1.82) is 0 Å². The van der Waals surface area contributed by atoms with Crippen molar-refractivity contribution in [2.75, 3.05) is 0 Å². The molecule has 1 N–H and O–H groups in total. The van der Waals surface area contributed by atoms with Crippen LogP contribution >= 0.6 is 0 Å². The fraction of sp³-hybridized carbons (Fsp3) is 0.188. The number of ether oxygens (including phenoxy) is 1. The van der Waals surface area contributed by atoms with Crippen LogP contribution in [0.4, 0.5) is 0 Å². The van der Waals surface area contributed by atoms with E-state index in [4.69, 9.17) is 4.74 Å². The lowest BCUT2D eigenvalue weighted by Crippen LogP contribution is -2.28. The Morgan fingerprint density at radius 2 is 1.79 bits per heavy atom. The Labute approximate surface area is 111 Å². The van der Waals surface area contributed by atoms with Crippen LogP contribution in [0, 0.1) is 5.92 Å². The number of hydrogen-bond acceptors (Lipinski definition) is 3. The molecule has 2 aromatic carbocycles. The molecule has 1 fully saturated rings. The molecule has 94 valence electrons. The smallest absolute Gasteiger partial charge is 0.143 e. The van der Waals surface area contributed by atoms with E-state index in [-0.39, 0.29) is 11.5 Å². The molecule has 2 unspecified atom stereocenters. The molecule has 2 aliphatic rings. The summed E-state index contributed by atoms with van der Waals surface area (Å²) in [6.07, 6.45) is 0.866. The molecule has 1 aliphatic carbocycles. The number of oxime groups is 1. The van der Waals surface area contributed by atoms with Crippen LogP contribution in [0.2, 0.25) is 0 Å². The van der Waals surface area contributed by atoms with E-state index in [9.17, 15) is 5.21 Å². The Bertz CT molecular complexity index is 665. The molecular formula is C16H13NO2. The molecule has 4 rings (SSSR count). The average Bonchev–Trinajstić information content (AvgIpc) is 3.21. The van der Waals surface area contributed by atoms with Crippen LogP contribution in [0.3, 0.4) is 0 Å². The van der Waals surface area contributed by atoms with E-state index in [2.05, 4.69) is 17.3 Å². The second kappa shape index (κ2) is 3.60. The molecule has 3 heteroatoms. The SMILES string of the molecule is ON=C1c2ccccc2OC2(c3ccccc3)CC12. The van der Waals surface area contributed by atoms with Gasteiger partial charge in [0.05, 0.1) is 11.6 Å². The molecule has 0 bridgehead atoms. The predicted octanol–water partition coefficient (Wildman–Crippen LogP) is 3.17. The molecule has 1 aliphatic heterocycles. The lowest BCUT2D eigenvalue weighted by Gasteiger charge is -2.27. The zero-order valence-corrected chi connectivity index (χ0v) is 10.3. The van der Waals surface area contributed by atoms with Gasteiger partial charge in [-0.15, -0.1) is 0 Å². The highest BCUT2D eigenvalue weighted by Crippen LogP contribution is 2.60. The van der Waals surface area contributed by atoms with Gasteiger partial charge in [0.2, 0.25) is 0 Å². The van der Waals surface area contributed by atoms with Gasteiger partial charge in [-0.25, -0.2) is 0 Å². The van der Waals surface area contributed by atoms with E-state index in [1.54, 1.807) is 0 Å². The number of nitrogens with zero attached hydrogens (tertiary/aromatic N) is 1. The minimum Gasteiger partial charge on any atom is -0.481 e. The largest absolute Gasteiger partial charge is 0.481 e. The third-order valence-corrected chi connectivity index (χ3v) is 4.07. The first-order valence-corrected chi connectivity index (χ1v) is 6.41. The Balaban J connectivity index is 1.86. The Morgan fingerprint density at radius 3 is 2.58 bits per heavy atom. The second-order valence-corrected chi connectivity index (χ2v) is 5.10. The molecule has 0 spiro atoms. The van der Waals surface area contributed by atoms with Crippen LogP contribution < -0.4 is 4.74 Å². The average molecular weight is 251 g/mol. The first kappa shape index (κ1) is 10.6. The van der Waals surface area contributed by atoms with Crippen molar-refractivity contribution in [2.24, 2.45) is 11.1 Å². The van der Waals surface area contributed by atoms with Gasteiger partial charge >= 0.3 is 0 Å². The van der Waals surface area contributed by atoms with E-state index in [0.717, 1.165) is 29.0 Å². The van der Waals surface area contributed by atoms with E-state index in [1.807, 2.05) is 42.5 Å². The lowest BCUT2D eigenvalue weighted by atomic mass is 9.96. The fourth-order valence-corrected chi connectivity index (χ4v) is 3.05. The fourth-order valence-electron chi connectivity index (χ4n) is 3.05. The third kappa shape index (κ3) is 1.35. The number of fused-ring (bicyclic) bond motifs is 2. The quantitative estimate of drug-likeness (QED) is 0.624. The summed E-state index contributed by atoms with van der Waals surface area (Å²) in [6, 6.07) is 17.9. The molecule has 0 amide bonds. The normalized spacial score (nSPS) is 29.3. The zero-order valence-electron chi connectivity index (χ0n) is 10.3. The van der Waals surface area contributed by atoms with E-state index < -0.39 is 0 Å². The molecule has 2 atom stereocenters. The van der Waals surface area contributed by atoms with Gasteiger partial charge in [-0.2, -0.15) is 0 Å². The summed E-state index contributed by atoms with van der Waals surface area (Å²) >= 11 is 0. The van der Waals surface area contributed by atoms with Crippen molar-refractivity contribution in [1.82, 2.24) is 0 Å². The standard InChI is InChI=1S/C16H13NO2/c18-17-15-12-8-4-5-9-14(12)19-16(10-13(15)16)11-6-2-1-3-7-11/h1-9,13,18H,10H2. The highest BCUT2D eigenvalue weighted by atomic mass is 16.5. The highest BCUT2D eigenvalue weighted by molar-refractivity contribution is 6.07. The summed E-state index contributed by atoms with van der Waals surface area (Å²) in [5.74, 6) is 0.947. The van der Waals surface area contributed by atoms with Gasteiger partial charge in [-0.1, -0.05) is 47.6 Å². The summed E-state index contributed by atoms with van der Waals surface area (Å²) < 4.78 is 6.22. The molecule has 1 saturated carbocycles. The van der Waals surface area contributed by atoms with Crippen molar-refractivity contribution in [3.05, 3.63) is 65.7 Å². The Hall–Kier alpha value is -2.29. The maximum absolute atomic E-state index is 9.33. The summed E-state index contributed by atoms with van der Waals surface area (Å²) in [5.41, 5.74) is 2.46. The van der Waals surface area contributed by atoms with Crippen molar-refractivity contribution < 1.29 is 9.94 Å². The van der Waals surface area contributed by atoms with Crippen molar-refractivity contribution in [2.45, 2.75) is 12.0 Å². The maximum Gasteiger partial charge on any atom is 0.143 e. The first-order valence-electron chi connectivity index (χ1n) is 6.41. The minimum absolute atomic E-state index is 0.148. The van der Waals surface area contributed by atoms with E-state index in [1.165, 1.54) is 0 Å². The molecular weight excluding hydrogens is 238 g/mol. The number of benzene rings is 2. The molecule has 3 nitrogen and oxygen atoms in total. The van der Waals surface area contributed by atoms with Crippen LogP contribution in [0.15, 0.2) is 59.8 Å². The minimum atomic E-state index is -0.336. The Morgan fingerprint density at radius 1 is 1.05 bits per heavy atom. The summed E-state index contributed by atoms with van der Waals surface area (Å²) in [4.78, 5) is 0. The van der Waals surface area contributed by atoms with E-state index in [0.29, 0.717) is 0 Å². The van der Waals surface area contributed by atoms with Crippen LogP contribution in [0.1, 0.15) is 17.5 Å². The van der Waals surface area contributed by atoms with Gasteiger partial charge in [-0.3, -0.25) is 0 Å². The van der Waals surface area contributed by atoms with Gasteiger partial charge in [0, 0.05) is 12.0 Å². The summed E-state index contributed by atoms with van der Waals surface area (Å²) in [5, 5.41) is 12.8. The number of para-hydroxylation sites is 1. The monoisotopic (exact) mass is 251 g/mol. The van der Waals surface area contributed by atoms with Crippen LogP contribution in [-0.2, 0) is 5.60 Å². The van der Waals surface area contributed by atoms with Gasteiger partial charge in [0.25, 0.3) is 0 Å². The van der Waals surface area contributed by atoms with Crippen LogP contribution in [-0.4, -0.2) is 10.9 Å². The topological polar surface area (TPSA) is 41.8 Å². The third-order valence-electron chi connectivity index (χ3n) is 4.07. The van der Waals surface area contributed by atoms with Gasteiger partial charge in [0.1, 0.15) is 11.4 Å². The summed E-state index contributed by atoms with van der Waals surface area (Å²) in [6.45, 7) is 0. The molecule has 0 saturated heterocycles. The van der Waals surface area contributed by atoms with Crippen molar-refractivity contribution in [3.8, 4) is 5.75 Å². The molecule has 19 heavy (non-hydrogen) atoms. The maximum atomic E-state index is 9.33. The van der Waals surface area contributed by atoms with Gasteiger partial charge in [-0.05, 0) is 17.7 Å². The van der Waals surface area contributed by atoms with Crippen molar-refractivity contribution >= 4 is 5.71 Å². The number of hydrogen-bond donors (Lipinski definition) is 1.